The van der Waals surface area contributed by atoms with E-state index in [0.717, 1.165) is 24.7 Å². The van der Waals surface area contributed by atoms with Gasteiger partial charge in [0.2, 0.25) is 0 Å². The van der Waals surface area contributed by atoms with Crippen LogP contribution in [-0.4, -0.2) is 23.4 Å². The van der Waals surface area contributed by atoms with Crippen LogP contribution in [0.1, 0.15) is 89.9 Å². The number of rotatable bonds is 8. The largest absolute Gasteiger partial charge is 0.396 e. The third-order valence-corrected chi connectivity index (χ3v) is 6.29. The summed E-state index contributed by atoms with van der Waals surface area (Å²) in [6.45, 7) is 0.339. The Morgan fingerprint density at radius 2 is 1.00 bits per heavy atom. The van der Waals surface area contributed by atoms with Crippen molar-refractivity contribution in [2.45, 2.75) is 89.9 Å². The number of hydrogen-bond acceptors (Lipinski definition) is 2. The Morgan fingerprint density at radius 1 is 0.619 bits per heavy atom. The maximum atomic E-state index is 9.88. The molecule has 2 saturated carbocycles. The van der Waals surface area contributed by atoms with Crippen LogP contribution in [0.4, 0.5) is 0 Å². The average molecular weight is 296 g/mol. The molecule has 2 N–H and O–H groups in total. The van der Waals surface area contributed by atoms with Crippen molar-refractivity contribution in [2.75, 3.05) is 13.2 Å². The lowest BCUT2D eigenvalue weighted by Crippen LogP contribution is -2.31. The fourth-order valence-corrected chi connectivity index (χ4v) is 4.46. The van der Waals surface area contributed by atoms with E-state index in [0.29, 0.717) is 0 Å². The zero-order valence-corrected chi connectivity index (χ0v) is 13.9. The molecule has 0 atom stereocenters. The summed E-state index contributed by atoms with van der Waals surface area (Å²) >= 11 is 0. The Morgan fingerprint density at radius 3 is 1.33 bits per heavy atom. The van der Waals surface area contributed by atoms with Crippen LogP contribution in [0.2, 0.25) is 0 Å². The van der Waals surface area contributed by atoms with E-state index < -0.39 is 0 Å². The van der Waals surface area contributed by atoms with Gasteiger partial charge in [-0.3, -0.25) is 0 Å². The van der Waals surface area contributed by atoms with Crippen molar-refractivity contribution in [3.05, 3.63) is 0 Å². The smallest absolute Gasteiger partial charge is 0.0509 e. The highest BCUT2D eigenvalue weighted by molar-refractivity contribution is 4.81. The highest BCUT2D eigenvalue weighted by atomic mass is 16.3. The molecule has 2 fully saturated rings. The van der Waals surface area contributed by atoms with Crippen molar-refractivity contribution in [1.29, 1.82) is 0 Å². The predicted octanol–water partition coefficient (Wildman–Crippen LogP) is 4.68. The van der Waals surface area contributed by atoms with E-state index in [-0.39, 0.29) is 18.6 Å². The normalized spacial score (nSPS) is 22.6. The maximum absolute atomic E-state index is 9.88. The second kappa shape index (κ2) is 9.15. The summed E-state index contributed by atoms with van der Waals surface area (Å²) in [5.41, 5.74) is -0.200. The van der Waals surface area contributed by atoms with E-state index in [1.165, 1.54) is 77.0 Å². The van der Waals surface area contributed by atoms with E-state index >= 15 is 0 Å². The minimum Gasteiger partial charge on any atom is -0.396 e. The molecule has 2 heteroatoms. The standard InChI is InChI=1S/C19H36O2/c20-15-19(16-21,13-11-17-7-3-1-4-8-17)14-12-18-9-5-2-6-10-18/h17-18,20-21H,1-16H2. The van der Waals surface area contributed by atoms with Gasteiger partial charge < -0.3 is 10.2 Å². The minimum absolute atomic E-state index is 0.170. The Labute approximate surface area is 131 Å². The first-order chi connectivity index (χ1) is 10.3. The molecular weight excluding hydrogens is 260 g/mol. The van der Waals surface area contributed by atoms with Gasteiger partial charge in [-0.1, -0.05) is 64.2 Å². The summed E-state index contributed by atoms with van der Waals surface area (Å²) in [7, 11) is 0. The lowest BCUT2D eigenvalue weighted by Gasteiger charge is -2.34. The van der Waals surface area contributed by atoms with Gasteiger partial charge in [-0.2, -0.15) is 0 Å². The zero-order chi connectivity index (χ0) is 15.0. The lowest BCUT2D eigenvalue weighted by molar-refractivity contribution is 0.0264. The van der Waals surface area contributed by atoms with Gasteiger partial charge in [0, 0.05) is 5.41 Å². The summed E-state index contributed by atoms with van der Waals surface area (Å²) < 4.78 is 0. The average Bonchev–Trinajstić information content (AvgIpc) is 2.58. The molecule has 0 amide bonds. The van der Waals surface area contributed by atoms with E-state index in [2.05, 4.69) is 0 Å². The van der Waals surface area contributed by atoms with Crippen LogP contribution in [0.5, 0.6) is 0 Å². The van der Waals surface area contributed by atoms with Crippen molar-refractivity contribution in [1.82, 2.24) is 0 Å². The van der Waals surface area contributed by atoms with Gasteiger partial charge in [-0.05, 0) is 37.5 Å². The third-order valence-electron chi connectivity index (χ3n) is 6.29. The van der Waals surface area contributed by atoms with E-state index in [4.69, 9.17) is 0 Å². The van der Waals surface area contributed by atoms with Crippen LogP contribution in [0.3, 0.4) is 0 Å². The molecule has 2 aliphatic carbocycles. The van der Waals surface area contributed by atoms with E-state index in [1.54, 1.807) is 0 Å². The van der Waals surface area contributed by atoms with Crippen LogP contribution in [0.25, 0.3) is 0 Å². The van der Waals surface area contributed by atoms with Gasteiger partial charge in [0.1, 0.15) is 0 Å². The Balaban J connectivity index is 1.76. The highest BCUT2D eigenvalue weighted by Gasteiger charge is 2.31. The zero-order valence-electron chi connectivity index (χ0n) is 13.9. The lowest BCUT2D eigenvalue weighted by atomic mass is 9.73. The molecule has 0 aliphatic heterocycles. The number of aliphatic hydroxyl groups is 2. The molecule has 2 nitrogen and oxygen atoms in total. The molecule has 0 radical (unpaired) electrons. The Kier molecular flexibility index (Phi) is 7.53. The molecule has 2 rings (SSSR count). The summed E-state index contributed by atoms with van der Waals surface area (Å²) in [4.78, 5) is 0. The summed E-state index contributed by atoms with van der Waals surface area (Å²) in [5, 5.41) is 19.8. The molecule has 0 heterocycles. The summed E-state index contributed by atoms with van der Waals surface area (Å²) in [6, 6.07) is 0. The van der Waals surface area contributed by atoms with Gasteiger partial charge in [0.05, 0.1) is 13.2 Å². The Bertz CT molecular complexity index is 237. The first-order valence-corrected chi connectivity index (χ1v) is 9.50. The molecule has 0 spiro atoms. The molecule has 0 saturated heterocycles. The van der Waals surface area contributed by atoms with Gasteiger partial charge in [0.15, 0.2) is 0 Å². The monoisotopic (exact) mass is 296 g/mol. The molecule has 0 bridgehead atoms. The molecule has 0 aromatic carbocycles. The van der Waals surface area contributed by atoms with Gasteiger partial charge in [-0.15, -0.1) is 0 Å². The molecule has 124 valence electrons. The SMILES string of the molecule is OCC(CO)(CCC1CCCCC1)CCC1CCCCC1. The molecule has 2 aliphatic rings. The maximum Gasteiger partial charge on any atom is 0.0509 e. The van der Waals surface area contributed by atoms with Crippen molar-refractivity contribution < 1.29 is 10.2 Å². The number of aliphatic hydroxyl groups excluding tert-OH is 2. The van der Waals surface area contributed by atoms with Gasteiger partial charge in [0.25, 0.3) is 0 Å². The van der Waals surface area contributed by atoms with E-state index in [9.17, 15) is 10.2 Å². The van der Waals surface area contributed by atoms with Crippen LogP contribution in [0, 0.1) is 17.3 Å². The van der Waals surface area contributed by atoms with Crippen LogP contribution < -0.4 is 0 Å². The topological polar surface area (TPSA) is 40.5 Å². The van der Waals surface area contributed by atoms with Crippen LogP contribution >= 0.6 is 0 Å². The summed E-state index contributed by atoms with van der Waals surface area (Å²) in [5.74, 6) is 1.71. The Hall–Kier alpha value is -0.0800. The fourth-order valence-electron chi connectivity index (χ4n) is 4.46. The van der Waals surface area contributed by atoms with E-state index in [1.807, 2.05) is 0 Å². The number of hydrogen-bond donors (Lipinski definition) is 2. The first-order valence-electron chi connectivity index (χ1n) is 9.50. The first kappa shape index (κ1) is 17.3. The van der Waals surface area contributed by atoms with Gasteiger partial charge in [-0.25, -0.2) is 0 Å². The third kappa shape index (κ3) is 5.56. The predicted molar refractivity (Wildman–Crippen MR) is 88.2 cm³/mol. The van der Waals surface area contributed by atoms with Gasteiger partial charge >= 0.3 is 0 Å². The second-order valence-electron chi connectivity index (χ2n) is 7.90. The van der Waals surface area contributed by atoms with Crippen molar-refractivity contribution in [3.8, 4) is 0 Å². The quantitative estimate of drug-likeness (QED) is 0.683. The van der Waals surface area contributed by atoms with Crippen molar-refractivity contribution >= 4 is 0 Å². The minimum atomic E-state index is -0.200. The molecule has 0 aromatic rings. The van der Waals surface area contributed by atoms with Crippen molar-refractivity contribution in [3.63, 3.8) is 0 Å². The molecule has 0 unspecified atom stereocenters. The highest BCUT2D eigenvalue weighted by Crippen LogP contribution is 2.37. The second-order valence-corrected chi connectivity index (χ2v) is 7.90. The van der Waals surface area contributed by atoms with Crippen molar-refractivity contribution in [2.24, 2.45) is 17.3 Å². The fraction of sp³-hybridized carbons (Fsp3) is 1.00. The molecular formula is C19H36O2. The molecule has 0 aromatic heterocycles. The summed E-state index contributed by atoms with van der Waals surface area (Å²) in [6.07, 6.45) is 18.3. The van der Waals surface area contributed by atoms with Crippen LogP contribution in [0.15, 0.2) is 0 Å². The molecule has 21 heavy (non-hydrogen) atoms. The van der Waals surface area contributed by atoms with Crippen LogP contribution in [-0.2, 0) is 0 Å².